The van der Waals surface area contributed by atoms with E-state index in [2.05, 4.69) is 15.6 Å². The molecule has 15 heavy (non-hydrogen) atoms. The maximum Gasteiger partial charge on any atom is 0.314 e. The molecule has 0 aliphatic carbocycles. The van der Waals surface area contributed by atoms with E-state index in [9.17, 15) is 4.79 Å². The average Bonchev–Trinajstić information content (AvgIpc) is 2.18. The topological polar surface area (TPSA) is 54.0 Å². The standard InChI is InChI=1S/C11H17N3O/c1-9(2)14-11(15)13-7-5-10-4-3-6-12-8-10/h3-4,6,8-9H,5,7H2,1-2H3,(H2,13,14,15). The molecule has 0 radical (unpaired) electrons. The van der Waals surface area contributed by atoms with Crippen molar-refractivity contribution in [1.29, 1.82) is 0 Å². The van der Waals surface area contributed by atoms with Crippen LogP contribution in [0.1, 0.15) is 19.4 Å². The summed E-state index contributed by atoms with van der Waals surface area (Å²) in [6, 6.07) is 3.94. The first kappa shape index (κ1) is 11.5. The van der Waals surface area contributed by atoms with Crippen molar-refractivity contribution in [2.45, 2.75) is 26.3 Å². The molecular weight excluding hydrogens is 190 g/mol. The number of amides is 2. The zero-order chi connectivity index (χ0) is 11.1. The van der Waals surface area contributed by atoms with Gasteiger partial charge in [-0.1, -0.05) is 6.07 Å². The molecule has 0 fully saturated rings. The maximum atomic E-state index is 11.2. The van der Waals surface area contributed by atoms with Gasteiger partial charge in [-0.3, -0.25) is 4.98 Å². The summed E-state index contributed by atoms with van der Waals surface area (Å²) in [5.41, 5.74) is 1.13. The van der Waals surface area contributed by atoms with Crippen LogP contribution in [0.5, 0.6) is 0 Å². The number of pyridine rings is 1. The summed E-state index contributed by atoms with van der Waals surface area (Å²) in [7, 11) is 0. The second kappa shape index (κ2) is 6.01. The number of carbonyl (C=O) groups is 1. The van der Waals surface area contributed by atoms with Crippen molar-refractivity contribution in [3.05, 3.63) is 30.1 Å². The number of aromatic nitrogens is 1. The molecule has 0 unspecified atom stereocenters. The Labute approximate surface area is 90.1 Å². The van der Waals surface area contributed by atoms with E-state index < -0.39 is 0 Å². The molecule has 0 aliphatic rings. The van der Waals surface area contributed by atoms with Crippen LogP contribution in [0.4, 0.5) is 4.79 Å². The Kier molecular flexibility index (Phi) is 4.60. The lowest BCUT2D eigenvalue weighted by atomic mass is 10.2. The molecule has 4 nitrogen and oxygen atoms in total. The Morgan fingerprint density at radius 3 is 2.93 bits per heavy atom. The molecule has 82 valence electrons. The molecular formula is C11H17N3O. The van der Waals surface area contributed by atoms with Crippen LogP contribution < -0.4 is 10.6 Å². The third-order valence-corrected chi connectivity index (χ3v) is 1.84. The molecule has 0 aliphatic heterocycles. The molecule has 2 amide bonds. The highest BCUT2D eigenvalue weighted by molar-refractivity contribution is 5.74. The van der Waals surface area contributed by atoms with E-state index in [1.165, 1.54) is 0 Å². The number of nitrogens with zero attached hydrogens (tertiary/aromatic N) is 1. The van der Waals surface area contributed by atoms with E-state index in [4.69, 9.17) is 0 Å². The van der Waals surface area contributed by atoms with Crippen LogP contribution in [-0.4, -0.2) is 23.6 Å². The molecule has 0 bridgehead atoms. The van der Waals surface area contributed by atoms with Crippen LogP contribution >= 0.6 is 0 Å². The van der Waals surface area contributed by atoms with Crippen molar-refractivity contribution in [3.8, 4) is 0 Å². The van der Waals surface area contributed by atoms with E-state index in [1.54, 1.807) is 6.20 Å². The van der Waals surface area contributed by atoms with E-state index in [1.807, 2.05) is 32.2 Å². The number of hydrogen-bond donors (Lipinski definition) is 2. The van der Waals surface area contributed by atoms with Gasteiger partial charge in [0.25, 0.3) is 0 Å². The van der Waals surface area contributed by atoms with Gasteiger partial charge in [-0.15, -0.1) is 0 Å². The summed E-state index contributed by atoms with van der Waals surface area (Å²) in [4.78, 5) is 15.2. The predicted molar refractivity (Wildman–Crippen MR) is 59.6 cm³/mol. The van der Waals surface area contributed by atoms with Gasteiger partial charge in [-0.05, 0) is 31.9 Å². The molecule has 0 saturated heterocycles. The lowest BCUT2D eigenvalue weighted by Crippen LogP contribution is -2.40. The predicted octanol–water partition coefficient (Wildman–Crippen LogP) is 1.33. The minimum Gasteiger partial charge on any atom is -0.338 e. The number of nitrogens with one attached hydrogen (secondary N) is 2. The maximum absolute atomic E-state index is 11.2. The molecule has 1 aromatic heterocycles. The van der Waals surface area contributed by atoms with Crippen molar-refractivity contribution in [3.63, 3.8) is 0 Å². The second-order valence-electron chi connectivity index (χ2n) is 3.67. The Morgan fingerprint density at radius 1 is 1.53 bits per heavy atom. The van der Waals surface area contributed by atoms with Crippen molar-refractivity contribution >= 4 is 6.03 Å². The monoisotopic (exact) mass is 207 g/mol. The summed E-state index contributed by atoms with van der Waals surface area (Å²) in [6.45, 7) is 4.49. The summed E-state index contributed by atoms with van der Waals surface area (Å²) < 4.78 is 0. The lowest BCUT2D eigenvalue weighted by molar-refractivity contribution is 0.238. The lowest BCUT2D eigenvalue weighted by Gasteiger charge is -2.09. The van der Waals surface area contributed by atoms with Crippen molar-refractivity contribution in [2.75, 3.05) is 6.54 Å². The van der Waals surface area contributed by atoms with E-state index in [0.29, 0.717) is 6.54 Å². The highest BCUT2D eigenvalue weighted by Crippen LogP contribution is 1.95. The van der Waals surface area contributed by atoms with E-state index in [0.717, 1.165) is 12.0 Å². The number of carbonyl (C=O) groups excluding carboxylic acids is 1. The van der Waals surface area contributed by atoms with Crippen LogP contribution in [0.15, 0.2) is 24.5 Å². The van der Waals surface area contributed by atoms with Gasteiger partial charge in [-0.2, -0.15) is 0 Å². The van der Waals surface area contributed by atoms with Crippen LogP contribution in [0.25, 0.3) is 0 Å². The minimum absolute atomic E-state index is 0.117. The first-order valence-corrected chi connectivity index (χ1v) is 5.12. The third-order valence-electron chi connectivity index (χ3n) is 1.84. The van der Waals surface area contributed by atoms with Gasteiger partial charge >= 0.3 is 6.03 Å². The number of rotatable bonds is 4. The highest BCUT2D eigenvalue weighted by Gasteiger charge is 2.00. The first-order valence-electron chi connectivity index (χ1n) is 5.12. The highest BCUT2D eigenvalue weighted by atomic mass is 16.2. The van der Waals surface area contributed by atoms with Crippen LogP contribution in [0.2, 0.25) is 0 Å². The van der Waals surface area contributed by atoms with Crippen LogP contribution in [0.3, 0.4) is 0 Å². The third kappa shape index (κ3) is 5.00. The SMILES string of the molecule is CC(C)NC(=O)NCCc1cccnc1. The second-order valence-corrected chi connectivity index (χ2v) is 3.67. The molecule has 2 N–H and O–H groups in total. The van der Waals surface area contributed by atoms with Gasteiger partial charge < -0.3 is 10.6 Å². The summed E-state index contributed by atoms with van der Waals surface area (Å²) in [5, 5.41) is 5.55. The smallest absolute Gasteiger partial charge is 0.314 e. The van der Waals surface area contributed by atoms with Gasteiger partial charge in [-0.25, -0.2) is 4.79 Å². The summed E-state index contributed by atoms with van der Waals surface area (Å²) >= 11 is 0. The van der Waals surface area contributed by atoms with Gasteiger partial charge in [0, 0.05) is 25.0 Å². The number of hydrogen-bond acceptors (Lipinski definition) is 2. The Hall–Kier alpha value is -1.58. The quantitative estimate of drug-likeness (QED) is 0.782. The fourth-order valence-electron chi connectivity index (χ4n) is 1.18. The average molecular weight is 207 g/mol. The first-order chi connectivity index (χ1) is 7.18. The van der Waals surface area contributed by atoms with Crippen LogP contribution in [0, 0.1) is 0 Å². The van der Waals surface area contributed by atoms with Gasteiger partial charge in [0.15, 0.2) is 0 Å². The van der Waals surface area contributed by atoms with Gasteiger partial charge in [0.2, 0.25) is 0 Å². The fourth-order valence-corrected chi connectivity index (χ4v) is 1.18. The molecule has 1 heterocycles. The Balaban J connectivity index is 2.19. The summed E-state index contributed by atoms with van der Waals surface area (Å²) in [6.07, 6.45) is 4.35. The summed E-state index contributed by atoms with van der Waals surface area (Å²) in [5.74, 6) is 0. The molecule has 0 aromatic carbocycles. The number of urea groups is 1. The van der Waals surface area contributed by atoms with Crippen molar-refractivity contribution < 1.29 is 4.79 Å². The Bertz CT molecular complexity index is 298. The molecule has 1 aromatic rings. The van der Waals surface area contributed by atoms with Crippen molar-refractivity contribution in [2.24, 2.45) is 0 Å². The normalized spacial score (nSPS) is 10.1. The molecule has 0 spiro atoms. The molecule has 4 heteroatoms. The fraction of sp³-hybridized carbons (Fsp3) is 0.455. The van der Waals surface area contributed by atoms with Crippen LogP contribution in [-0.2, 0) is 6.42 Å². The zero-order valence-electron chi connectivity index (χ0n) is 9.16. The van der Waals surface area contributed by atoms with E-state index in [-0.39, 0.29) is 12.1 Å². The molecule has 0 saturated carbocycles. The zero-order valence-corrected chi connectivity index (χ0v) is 9.16. The Morgan fingerprint density at radius 2 is 2.33 bits per heavy atom. The molecule has 1 rings (SSSR count). The van der Waals surface area contributed by atoms with Gasteiger partial charge in [0.1, 0.15) is 0 Å². The van der Waals surface area contributed by atoms with Crippen molar-refractivity contribution in [1.82, 2.24) is 15.6 Å². The largest absolute Gasteiger partial charge is 0.338 e. The molecule has 0 atom stereocenters. The minimum atomic E-state index is -0.117. The van der Waals surface area contributed by atoms with E-state index >= 15 is 0 Å². The van der Waals surface area contributed by atoms with Gasteiger partial charge in [0.05, 0.1) is 0 Å².